The second kappa shape index (κ2) is 4.87. The largest absolute Gasteiger partial charge is 0.336 e. The molecule has 4 nitrogen and oxygen atoms in total. The molecule has 1 atom stereocenters. The van der Waals surface area contributed by atoms with E-state index in [0.717, 1.165) is 39.1 Å². The molecule has 16 heavy (non-hydrogen) atoms. The van der Waals surface area contributed by atoms with E-state index in [9.17, 15) is 4.79 Å². The predicted molar refractivity (Wildman–Crippen MR) is 64.4 cm³/mol. The van der Waals surface area contributed by atoms with Crippen LogP contribution in [0, 0.1) is 0 Å². The highest BCUT2D eigenvalue weighted by atomic mass is 16.2. The molecule has 2 rings (SSSR count). The zero-order chi connectivity index (χ0) is 11.5. The second-order valence-electron chi connectivity index (χ2n) is 4.91. The van der Waals surface area contributed by atoms with Crippen LogP contribution in [-0.2, 0) is 0 Å². The smallest absolute Gasteiger partial charge is 0.317 e. The van der Waals surface area contributed by atoms with Crippen LogP contribution in [0.25, 0.3) is 0 Å². The standard InChI is InChI=1S/C12H21N3O/c1-10(2)8-14-6-3-4-11(9-14)15-7-5-13-12(15)16/h11H,1,3-9H2,2H3,(H,13,16)/t11-/m0/s1. The maximum atomic E-state index is 11.6. The number of carbonyl (C=O) groups is 1. The lowest BCUT2D eigenvalue weighted by Crippen LogP contribution is -2.49. The topological polar surface area (TPSA) is 35.6 Å². The summed E-state index contributed by atoms with van der Waals surface area (Å²) >= 11 is 0. The number of likely N-dealkylation sites (tertiary alicyclic amines) is 1. The first-order valence-corrected chi connectivity index (χ1v) is 6.08. The van der Waals surface area contributed by atoms with Crippen molar-refractivity contribution in [3.8, 4) is 0 Å². The lowest BCUT2D eigenvalue weighted by Gasteiger charge is -2.37. The minimum Gasteiger partial charge on any atom is -0.336 e. The molecule has 0 aromatic carbocycles. The molecule has 0 unspecified atom stereocenters. The SMILES string of the molecule is C=C(C)CN1CCC[C@H](N2CCNC2=O)C1. The molecular weight excluding hydrogens is 202 g/mol. The lowest BCUT2D eigenvalue weighted by atomic mass is 10.0. The number of piperidine rings is 1. The Morgan fingerprint density at radius 1 is 1.56 bits per heavy atom. The van der Waals surface area contributed by atoms with Gasteiger partial charge in [0.1, 0.15) is 0 Å². The Morgan fingerprint density at radius 3 is 3.00 bits per heavy atom. The van der Waals surface area contributed by atoms with Gasteiger partial charge in [0, 0.05) is 32.2 Å². The summed E-state index contributed by atoms with van der Waals surface area (Å²) < 4.78 is 0. The van der Waals surface area contributed by atoms with Gasteiger partial charge in [0.25, 0.3) is 0 Å². The van der Waals surface area contributed by atoms with Crippen LogP contribution in [0.2, 0.25) is 0 Å². The highest BCUT2D eigenvalue weighted by molar-refractivity contribution is 5.76. The molecule has 0 saturated carbocycles. The van der Waals surface area contributed by atoms with Crippen molar-refractivity contribution in [2.45, 2.75) is 25.8 Å². The first-order chi connectivity index (χ1) is 7.66. The second-order valence-corrected chi connectivity index (χ2v) is 4.91. The monoisotopic (exact) mass is 223 g/mol. The van der Waals surface area contributed by atoms with Crippen LogP contribution in [-0.4, -0.2) is 54.6 Å². The van der Waals surface area contributed by atoms with E-state index in [-0.39, 0.29) is 6.03 Å². The molecule has 0 aromatic rings. The van der Waals surface area contributed by atoms with Crippen molar-refractivity contribution in [2.75, 3.05) is 32.7 Å². The Balaban J connectivity index is 1.90. The molecular formula is C12H21N3O. The molecule has 2 saturated heterocycles. The molecule has 0 spiro atoms. The van der Waals surface area contributed by atoms with Crippen molar-refractivity contribution in [3.63, 3.8) is 0 Å². The summed E-state index contributed by atoms with van der Waals surface area (Å²) in [5, 5.41) is 2.87. The lowest BCUT2D eigenvalue weighted by molar-refractivity contribution is 0.132. The number of rotatable bonds is 3. The van der Waals surface area contributed by atoms with Gasteiger partial charge in [-0.15, -0.1) is 0 Å². The number of nitrogens with one attached hydrogen (secondary N) is 1. The summed E-state index contributed by atoms with van der Waals surface area (Å²) in [5.41, 5.74) is 1.20. The Morgan fingerprint density at radius 2 is 2.38 bits per heavy atom. The van der Waals surface area contributed by atoms with Gasteiger partial charge < -0.3 is 10.2 Å². The van der Waals surface area contributed by atoms with E-state index in [1.165, 1.54) is 12.0 Å². The van der Waals surface area contributed by atoms with Crippen LogP contribution in [0.15, 0.2) is 12.2 Å². The fraction of sp³-hybridized carbons (Fsp3) is 0.750. The van der Waals surface area contributed by atoms with Crippen molar-refractivity contribution in [3.05, 3.63) is 12.2 Å². The number of urea groups is 1. The third-order valence-corrected chi connectivity index (χ3v) is 3.30. The molecule has 0 aliphatic carbocycles. The number of nitrogens with zero attached hydrogens (tertiary/aromatic N) is 2. The highest BCUT2D eigenvalue weighted by Crippen LogP contribution is 2.18. The summed E-state index contributed by atoms with van der Waals surface area (Å²) in [5.74, 6) is 0. The molecule has 2 amide bonds. The third-order valence-electron chi connectivity index (χ3n) is 3.30. The van der Waals surface area contributed by atoms with Gasteiger partial charge in [-0.2, -0.15) is 0 Å². The van der Waals surface area contributed by atoms with Crippen molar-refractivity contribution in [1.29, 1.82) is 0 Å². The van der Waals surface area contributed by atoms with Crippen LogP contribution in [0.4, 0.5) is 4.79 Å². The minimum absolute atomic E-state index is 0.113. The fourth-order valence-corrected chi connectivity index (χ4v) is 2.65. The normalized spacial score (nSPS) is 26.9. The van der Waals surface area contributed by atoms with E-state index in [4.69, 9.17) is 0 Å². The van der Waals surface area contributed by atoms with Crippen molar-refractivity contribution >= 4 is 6.03 Å². The van der Waals surface area contributed by atoms with Gasteiger partial charge in [-0.25, -0.2) is 4.79 Å². The van der Waals surface area contributed by atoms with Gasteiger partial charge in [0.05, 0.1) is 0 Å². The van der Waals surface area contributed by atoms with Crippen molar-refractivity contribution in [2.24, 2.45) is 0 Å². The van der Waals surface area contributed by atoms with Crippen molar-refractivity contribution in [1.82, 2.24) is 15.1 Å². The minimum atomic E-state index is 0.113. The van der Waals surface area contributed by atoms with Crippen LogP contribution in [0.5, 0.6) is 0 Å². The molecule has 4 heteroatoms. The van der Waals surface area contributed by atoms with Crippen LogP contribution in [0.3, 0.4) is 0 Å². The summed E-state index contributed by atoms with van der Waals surface area (Å²) in [4.78, 5) is 16.0. The molecule has 2 aliphatic rings. The van der Waals surface area contributed by atoms with Gasteiger partial charge in [-0.3, -0.25) is 4.90 Å². The Labute approximate surface area is 97.3 Å². The third kappa shape index (κ3) is 2.55. The Kier molecular flexibility index (Phi) is 3.49. The molecule has 0 bridgehead atoms. The van der Waals surface area contributed by atoms with Crippen molar-refractivity contribution < 1.29 is 4.79 Å². The first kappa shape index (κ1) is 11.5. The van der Waals surface area contributed by atoms with E-state index in [0.29, 0.717) is 6.04 Å². The number of amides is 2. The fourth-order valence-electron chi connectivity index (χ4n) is 2.65. The number of hydrogen-bond donors (Lipinski definition) is 1. The number of hydrogen-bond acceptors (Lipinski definition) is 2. The predicted octanol–water partition coefficient (Wildman–Crippen LogP) is 1.05. The molecule has 2 fully saturated rings. The van der Waals surface area contributed by atoms with Gasteiger partial charge in [0.15, 0.2) is 0 Å². The molecule has 0 radical (unpaired) electrons. The average Bonchev–Trinajstić information content (AvgIpc) is 2.64. The van der Waals surface area contributed by atoms with E-state index < -0.39 is 0 Å². The van der Waals surface area contributed by atoms with E-state index >= 15 is 0 Å². The molecule has 0 aromatic heterocycles. The maximum Gasteiger partial charge on any atom is 0.317 e. The van der Waals surface area contributed by atoms with Gasteiger partial charge in [0.2, 0.25) is 0 Å². The van der Waals surface area contributed by atoms with Crippen LogP contribution >= 0.6 is 0 Å². The zero-order valence-corrected chi connectivity index (χ0v) is 10.0. The Hall–Kier alpha value is -1.03. The van der Waals surface area contributed by atoms with E-state index in [1.54, 1.807) is 0 Å². The molecule has 1 N–H and O–H groups in total. The highest BCUT2D eigenvalue weighted by Gasteiger charge is 2.30. The average molecular weight is 223 g/mol. The van der Waals surface area contributed by atoms with Crippen LogP contribution in [0.1, 0.15) is 19.8 Å². The summed E-state index contributed by atoms with van der Waals surface area (Å²) in [6.45, 7) is 10.8. The first-order valence-electron chi connectivity index (χ1n) is 6.08. The summed E-state index contributed by atoms with van der Waals surface area (Å²) in [7, 11) is 0. The summed E-state index contributed by atoms with van der Waals surface area (Å²) in [6, 6.07) is 0.512. The van der Waals surface area contributed by atoms with Gasteiger partial charge >= 0.3 is 6.03 Å². The van der Waals surface area contributed by atoms with E-state index in [1.807, 2.05) is 4.90 Å². The molecule has 2 heterocycles. The Bertz CT molecular complexity index is 290. The van der Waals surface area contributed by atoms with Gasteiger partial charge in [-0.1, -0.05) is 12.2 Å². The summed E-state index contributed by atoms with van der Waals surface area (Å²) in [6.07, 6.45) is 2.32. The quantitative estimate of drug-likeness (QED) is 0.726. The van der Waals surface area contributed by atoms with Crippen LogP contribution < -0.4 is 5.32 Å². The maximum absolute atomic E-state index is 11.6. The zero-order valence-electron chi connectivity index (χ0n) is 10.0. The van der Waals surface area contributed by atoms with E-state index in [2.05, 4.69) is 23.7 Å². The number of carbonyl (C=O) groups excluding carboxylic acids is 1. The van der Waals surface area contributed by atoms with Gasteiger partial charge in [-0.05, 0) is 26.3 Å². The molecule has 90 valence electrons. The molecule has 2 aliphatic heterocycles.